The highest BCUT2D eigenvalue weighted by molar-refractivity contribution is 5.68. The molecule has 0 fully saturated rings. The van der Waals surface area contributed by atoms with Crippen LogP contribution in [0.3, 0.4) is 0 Å². The van der Waals surface area contributed by atoms with Gasteiger partial charge in [-0.3, -0.25) is 0 Å². The lowest BCUT2D eigenvalue weighted by molar-refractivity contribution is 0.410. The molecule has 4 heteroatoms. The summed E-state index contributed by atoms with van der Waals surface area (Å²) in [4.78, 5) is 4.63. The van der Waals surface area contributed by atoms with Crippen molar-refractivity contribution >= 4 is 11.3 Å². The summed E-state index contributed by atoms with van der Waals surface area (Å²) in [6.45, 7) is 1.99. The zero-order chi connectivity index (χ0) is 14.1. The Labute approximate surface area is 117 Å². The summed E-state index contributed by atoms with van der Waals surface area (Å²) in [5.41, 5.74) is 10.8. The second-order valence-corrected chi connectivity index (χ2v) is 4.86. The number of imidazole rings is 1. The number of aryl methyl sites for hydroxylation is 1. The molecular formula is C16H17N3O. The van der Waals surface area contributed by atoms with Gasteiger partial charge in [-0.1, -0.05) is 18.2 Å². The molecule has 2 heterocycles. The van der Waals surface area contributed by atoms with E-state index in [1.54, 1.807) is 7.11 Å². The van der Waals surface area contributed by atoms with Gasteiger partial charge in [0, 0.05) is 24.4 Å². The minimum atomic E-state index is 0.726. The number of para-hydroxylation sites is 1. The van der Waals surface area contributed by atoms with E-state index in [1.807, 2.05) is 48.0 Å². The van der Waals surface area contributed by atoms with Crippen LogP contribution in [0.5, 0.6) is 5.75 Å². The first-order valence-electron chi connectivity index (χ1n) is 6.53. The molecule has 0 saturated heterocycles. The summed E-state index contributed by atoms with van der Waals surface area (Å²) in [6, 6.07) is 9.98. The Morgan fingerprint density at radius 2 is 2.05 bits per heavy atom. The van der Waals surface area contributed by atoms with Crippen molar-refractivity contribution in [2.75, 3.05) is 12.8 Å². The molecule has 0 saturated carbocycles. The van der Waals surface area contributed by atoms with Gasteiger partial charge in [0.2, 0.25) is 0 Å². The molecule has 102 valence electrons. The molecule has 2 aromatic heterocycles. The first kappa shape index (κ1) is 12.5. The first-order chi connectivity index (χ1) is 9.69. The van der Waals surface area contributed by atoms with Crippen LogP contribution in [0.1, 0.15) is 16.8 Å². The van der Waals surface area contributed by atoms with Crippen LogP contribution in [0.4, 0.5) is 5.69 Å². The Morgan fingerprint density at radius 3 is 2.85 bits per heavy atom. The lowest BCUT2D eigenvalue weighted by atomic mass is 10.1. The fourth-order valence-electron chi connectivity index (χ4n) is 2.34. The molecule has 0 aliphatic carbocycles. The fraction of sp³-hybridized carbons (Fsp3) is 0.188. The zero-order valence-corrected chi connectivity index (χ0v) is 11.6. The van der Waals surface area contributed by atoms with Gasteiger partial charge in [-0.2, -0.15) is 0 Å². The number of nitrogens with zero attached hydrogens (tertiary/aromatic N) is 2. The number of benzene rings is 1. The van der Waals surface area contributed by atoms with Gasteiger partial charge in [0.15, 0.2) is 5.65 Å². The SMILES string of the molecule is COc1ccccc1Cc1cn2ccc(C)c(N)c2n1. The van der Waals surface area contributed by atoms with Crippen molar-refractivity contribution in [2.45, 2.75) is 13.3 Å². The molecule has 0 spiro atoms. The molecule has 0 amide bonds. The number of hydrogen-bond donors (Lipinski definition) is 1. The van der Waals surface area contributed by atoms with Crippen LogP contribution in [-0.4, -0.2) is 16.5 Å². The Hall–Kier alpha value is -2.49. The monoisotopic (exact) mass is 267 g/mol. The van der Waals surface area contributed by atoms with Crippen LogP contribution in [0, 0.1) is 6.92 Å². The number of nitrogens with two attached hydrogens (primary N) is 1. The van der Waals surface area contributed by atoms with Crippen LogP contribution >= 0.6 is 0 Å². The van der Waals surface area contributed by atoms with Gasteiger partial charge in [-0.05, 0) is 24.6 Å². The third-order valence-electron chi connectivity index (χ3n) is 3.50. The molecule has 3 aromatic rings. The van der Waals surface area contributed by atoms with Crippen LogP contribution in [0.15, 0.2) is 42.7 Å². The number of hydrogen-bond acceptors (Lipinski definition) is 3. The molecule has 0 aliphatic heterocycles. The van der Waals surface area contributed by atoms with Gasteiger partial charge in [-0.15, -0.1) is 0 Å². The molecule has 3 rings (SSSR count). The van der Waals surface area contributed by atoms with E-state index in [9.17, 15) is 0 Å². The predicted octanol–water partition coefficient (Wildman–Crippen LogP) is 2.82. The van der Waals surface area contributed by atoms with E-state index in [0.717, 1.165) is 40.3 Å². The number of ether oxygens (including phenoxy) is 1. The molecule has 4 nitrogen and oxygen atoms in total. The maximum Gasteiger partial charge on any atom is 0.160 e. The van der Waals surface area contributed by atoms with E-state index in [2.05, 4.69) is 11.1 Å². The van der Waals surface area contributed by atoms with Crippen molar-refractivity contribution < 1.29 is 4.74 Å². The lowest BCUT2D eigenvalue weighted by Gasteiger charge is -2.05. The van der Waals surface area contributed by atoms with E-state index in [0.29, 0.717) is 0 Å². The Bertz CT molecular complexity index is 762. The molecule has 2 N–H and O–H groups in total. The lowest BCUT2D eigenvalue weighted by Crippen LogP contribution is -1.95. The number of aromatic nitrogens is 2. The Balaban J connectivity index is 2.01. The van der Waals surface area contributed by atoms with Gasteiger partial charge in [0.1, 0.15) is 5.75 Å². The summed E-state index contributed by atoms with van der Waals surface area (Å²) in [5.74, 6) is 0.883. The van der Waals surface area contributed by atoms with Gasteiger partial charge in [0.25, 0.3) is 0 Å². The van der Waals surface area contributed by atoms with Crippen LogP contribution in [0.2, 0.25) is 0 Å². The van der Waals surface area contributed by atoms with Crippen LogP contribution < -0.4 is 10.5 Å². The van der Waals surface area contributed by atoms with Crippen molar-refractivity contribution in [1.82, 2.24) is 9.38 Å². The summed E-state index contributed by atoms with van der Waals surface area (Å²) in [5, 5.41) is 0. The van der Waals surface area contributed by atoms with Crippen LogP contribution in [0.25, 0.3) is 5.65 Å². The largest absolute Gasteiger partial charge is 0.496 e. The topological polar surface area (TPSA) is 52.5 Å². The fourth-order valence-corrected chi connectivity index (χ4v) is 2.34. The van der Waals surface area contributed by atoms with Gasteiger partial charge >= 0.3 is 0 Å². The normalized spacial score (nSPS) is 10.9. The molecule has 0 bridgehead atoms. The quantitative estimate of drug-likeness (QED) is 0.794. The summed E-state index contributed by atoms with van der Waals surface area (Å²) in [7, 11) is 1.68. The van der Waals surface area contributed by atoms with E-state index in [1.165, 1.54) is 0 Å². The third-order valence-corrected chi connectivity index (χ3v) is 3.50. The first-order valence-corrected chi connectivity index (χ1v) is 6.53. The van der Waals surface area contributed by atoms with Crippen molar-refractivity contribution in [1.29, 1.82) is 0 Å². The van der Waals surface area contributed by atoms with E-state index < -0.39 is 0 Å². The van der Waals surface area contributed by atoms with Crippen molar-refractivity contribution in [3.05, 3.63) is 59.5 Å². The van der Waals surface area contributed by atoms with E-state index >= 15 is 0 Å². The van der Waals surface area contributed by atoms with E-state index in [-0.39, 0.29) is 0 Å². The molecule has 20 heavy (non-hydrogen) atoms. The van der Waals surface area contributed by atoms with Crippen molar-refractivity contribution in [3.8, 4) is 5.75 Å². The average Bonchev–Trinajstić information content (AvgIpc) is 2.87. The van der Waals surface area contributed by atoms with Crippen molar-refractivity contribution in [2.24, 2.45) is 0 Å². The predicted molar refractivity (Wildman–Crippen MR) is 80.1 cm³/mol. The standard InChI is InChI=1S/C16H17N3O/c1-11-7-8-19-10-13(18-16(19)15(11)17)9-12-5-3-4-6-14(12)20-2/h3-8,10H,9,17H2,1-2H3. The molecular weight excluding hydrogens is 250 g/mol. The highest BCUT2D eigenvalue weighted by Gasteiger charge is 2.09. The highest BCUT2D eigenvalue weighted by atomic mass is 16.5. The highest BCUT2D eigenvalue weighted by Crippen LogP contribution is 2.23. The van der Waals surface area contributed by atoms with E-state index in [4.69, 9.17) is 10.5 Å². The Morgan fingerprint density at radius 1 is 1.25 bits per heavy atom. The number of pyridine rings is 1. The van der Waals surface area contributed by atoms with Crippen molar-refractivity contribution in [3.63, 3.8) is 0 Å². The maximum atomic E-state index is 6.07. The molecule has 0 atom stereocenters. The number of anilines is 1. The molecule has 0 radical (unpaired) electrons. The molecule has 0 unspecified atom stereocenters. The number of fused-ring (bicyclic) bond motifs is 1. The van der Waals surface area contributed by atoms with Crippen LogP contribution in [-0.2, 0) is 6.42 Å². The number of methoxy groups -OCH3 is 1. The summed E-state index contributed by atoms with van der Waals surface area (Å²) >= 11 is 0. The summed E-state index contributed by atoms with van der Waals surface area (Å²) in [6.07, 6.45) is 4.72. The zero-order valence-electron chi connectivity index (χ0n) is 11.6. The van der Waals surface area contributed by atoms with Gasteiger partial charge in [0.05, 0.1) is 18.5 Å². The summed E-state index contributed by atoms with van der Waals surface area (Å²) < 4.78 is 7.34. The maximum absolute atomic E-state index is 6.07. The Kier molecular flexibility index (Phi) is 3.06. The van der Waals surface area contributed by atoms with Gasteiger partial charge < -0.3 is 14.9 Å². The number of nitrogen functional groups attached to an aromatic ring is 1. The molecule has 0 aliphatic rings. The number of rotatable bonds is 3. The van der Waals surface area contributed by atoms with Gasteiger partial charge in [-0.25, -0.2) is 4.98 Å². The smallest absolute Gasteiger partial charge is 0.160 e. The second-order valence-electron chi connectivity index (χ2n) is 4.86. The minimum absolute atomic E-state index is 0.726. The second kappa shape index (κ2) is 4.89. The minimum Gasteiger partial charge on any atom is -0.496 e. The third kappa shape index (κ3) is 2.09. The molecule has 1 aromatic carbocycles. The average molecular weight is 267 g/mol.